The molecule has 8 heteroatoms. The maximum absolute atomic E-state index is 13.8. The second-order valence-corrected chi connectivity index (χ2v) is 11.0. The number of carbonyl (C=O) groups is 2. The van der Waals surface area contributed by atoms with Crippen LogP contribution in [0.4, 0.5) is 0 Å². The highest BCUT2D eigenvalue weighted by Gasteiger charge is 2.43. The van der Waals surface area contributed by atoms with Gasteiger partial charge in [0.15, 0.2) is 17.3 Å². The molecule has 1 saturated carbocycles. The topological polar surface area (TPSA) is 73.9 Å². The summed E-state index contributed by atoms with van der Waals surface area (Å²) in [4.78, 5) is 27.5. The number of hydrogen-bond acceptors (Lipinski definition) is 6. The van der Waals surface area contributed by atoms with Crippen LogP contribution in [0.2, 0.25) is 10.0 Å². The van der Waals surface area contributed by atoms with Crippen molar-refractivity contribution in [2.45, 2.75) is 63.4 Å². The number of ether oxygens (including phenoxy) is 3. The van der Waals surface area contributed by atoms with Crippen LogP contribution >= 0.6 is 23.2 Å². The lowest BCUT2D eigenvalue weighted by molar-refractivity contribution is -0.144. The van der Waals surface area contributed by atoms with E-state index in [0.717, 1.165) is 36.9 Å². The van der Waals surface area contributed by atoms with E-state index in [0.29, 0.717) is 56.8 Å². The molecular weight excluding hydrogens is 513 g/mol. The zero-order chi connectivity index (χ0) is 25.7. The SMILES string of the molecule is CC1=C(C(=O)OC2CCCC2)C(c2cc3c(cc2Cl)OCO3)C2=C(CC(c3ccc(Cl)cc3)CC2=O)N1. The van der Waals surface area contributed by atoms with E-state index in [-0.39, 0.29) is 24.6 Å². The van der Waals surface area contributed by atoms with Crippen LogP contribution in [0.15, 0.2) is 58.9 Å². The Hall–Kier alpha value is -2.96. The first-order valence-electron chi connectivity index (χ1n) is 12.7. The Morgan fingerprint density at radius 1 is 1.03 bits per heavy atom. The van der Waals surface area contributed by atoms with Gasteiger partial charge in [0.05, 0.1) is 5.57 Å². The molecule has 0 bridgehead atoms. The fourth-order valence-electron chi connectivity index (χ4n) is 5.97. The van der Waals surface area contributed by atoms with Crippen molar-refractivity contribution in [2.24, 2.45) is 0 Å². The molecule has 2 aromatic carbocycles. The number of benzene rings is 2. The van der Waals surface area contributed by atoms with Gasteiger partial charge in [-0.1, -0.05) is 35.3 Å². The molecule has 2 heterocycles. The van der Waals surface area contributed by atoms with Gasteiger partial charge in [0, 0.05) is 45.4 Å². The number of carbonyl (C=O) groups excluding carboxylic acids is 2. The molecule has 192 valence electrons. The number of ketones is 1. The van der Waals surface area contributed by atoms with Crippen LogP contribution in [0.25, 0.3) is 0 Å². The molecule has 2 unspecified atom stereocenters. The Balaban J connectivity index is 1.43. The van der Waals surface area contributed by atoms with Crippen LogP contribution in [0.3, 0.4) is 0 Å². The van der Waals surface area contributed by atoms with Gasteiger partial charge < -0.3 is 19.5 Å². The molecule has 0 amide bonds. The smallest absolute Gasteiger partial charge is 0.337 e. The highest BCUT2D eigenvalue weighted by atomic mass is 35.5. The average molecular weight is 540 g/mol. The summed E-state index contributed by atoms with van der Waals surface area (Å²) in [6.45, 7) is 1.96. The predicted molar refractivity (Wildman–Crippen MR) is 140 cm³/mol. The molecule has 6 nitrogen and oxygen atoms in total. The second-order valence-electron chi connectivity index (χ2n) is 10.1. The molecule has 1 N–H and O–H groups in total. The van der Waals surface area contributed by atoms with Crippen molar-refractivity contribution in [1.29, 1.82) is 0 Å². The Labute approximate surface area is 225 Å². The van der Waals surface area contributed by atoms with Crippen LogP contribution in [0.5, 0.6) is 11.5 Å². The van der Waals surface area contributed by atoms with E-state index in [1.165, 1.54) is 0 Å². The number of esters is 1. The highest BCUT2D eigenvalue weighted by molar-refractivity contribution is 6.32. The standard InChI is InChI=1S/C29H27Cl2NO5/c1-15-26(29(34)37-19-4-2-3-5-19)27(20-12-24-25(13-21(20)31)36-14-35-24)28-22(32-15)10-17(11-23(28)33)16-6-8-18(30)9-7-16/h6-9,12-13,17,19,27,32H,2-5,10-11,14H2,1H3. The molecule has 37 heavy (non-hydrogen) atoms. The summed E-state index contributed by atoms with van der Waals surface area (Å²) in [5.41, 5.74) is 4.15. The zero-order valence-electron chi connectivity index (χ0n) is 20.4. The molecule has 2 atom stereocenters. The largest absolute Gasteiger partial charge is 0.459 e. The summed E-state index contributed by atoms with van der Waals surface area (Å²) < 4.78 is 17.1. The summed E-state index contributed by atoms with van der Waals surface area (Å²) in [6, 6.07) is 11.1. The molecule has 2 aliphatic heterocycles. The monoisotopic (exact) mass is 539 g/mol. The number of hydrogen-bond donors (Lipinski definition) is 1. The summed E-state index contributed by atoms with van der Waals surface area (Å²) in [5.74, 6) is 0.00408. The van der Waals surface area contributed by atoms with Crippen LogP contribution < -0.4 is 14.8 Å². The van der Waals surface area contributed by atoms with Crippen LogP contribution in [-0.2, 0) is 14.3 Å². The molecule has 0 radical (unpaired) electrons. The maximum atomic E-state index is 13.8. The van der Waals surface area contributed by atoms with E-state index in [4.69, 9.17) is 37.4 Å². The van der Waals surface area contributed by atoms with Gasteiger partial charge in [0.2, 0.25) is 6.79 Å². The lowest BCUT2D eigenvalue weighted by Gasteiger charge is -2.37. The van der Waals surface area contributed by atoms with Gasteiger partial charge in [0.1, 0.15) is 6.10 Å². The van der Waals surface area contributed by atoms with E-state index < -0.39 is 11.9 Å². The molecule has 0 saturated heterocycles. The molecule has 0 spiro atoms. The molecule has 2 aliphatic carbocycles. The van der Waals surface area contributed by atoms with Crippen molar-refractivity contribution in [3.05, 3.63) is 80.1 Å². The van der Waals surface area contributed by atoms with Gasteiger partial charge in [-0.15, -0.1) is 0 Å². The summed E-state index contributed by atoms with van der Waals surface area (Å²) >= 11 is 12.9. The summed E-state index contributed by atoms with van der Waals surface area (Å²) in [6.07, 6.45) is 4.66. The lowest BCUT2D eigenvalue weighted by atomic mass is 9.71. The van der Waals surface area contributed by atoms with E-state index in [1.807, 2.05) is 31.2 Å². The predicted octanol–water partition coefficient (Wildman–Crippen LogP) is 6.57. The van der Waals surface area contributed by atoms with E-state index in [2.05, 4.69) is 5.32 Å². The molecule has 4 aliphatic rings. The highest BCUT2D eigenvalue weighted by Crippen LogP contribution is 2.50. The van der Waals surface area contributed by atoms with Gasteiger partial charge >= 0.3 is 5.97 Å². The Bertz CT molecular complexity index is 1340. The minimum absolute atomic E-state index is 0.00341. The van der Waals surface area contributed by atoms with Crippen LogP contribution in [0, 0.1) is 0 Å². The number of dihydropyridines is 1. The maximum Gasteiger partial charge on any atom is 0.337 e. The number of nitrogens with one attached hydrogen (secondary N) is 1. The van der Waals surface area contributed by atoms with Crippen molar-refractivity contribution < 1.29 is 23.8 Å². The first-order chi connectivity index (χ1) is 17.9. The third kappa shape index (κ3) is 4.51. The second kappa shape index (κ2) is 9.73. The number of rotatable bonds is 4. The first-order valence-corrected chi connectivity index (χ1v) is 13.4. The summed E-state index contributed by atoms with van der Waals surface area (Å²) in [7, 11) is 0. The van der Waals surface area contributed by atoms with E-state index in [1.54, 1.807) is 12.1 Å². The zero-order valence-corrected chi connectivity index (χ0v) is 22.0. The van der Waals surface area contributed by atoms with Crippen molar-refractivity contribution in [3.8, 4) is 11.5 Å². The van der Waals surface area contributed by atoms with Crippen LogP contribution in [0.1, 0.15) is 68.4 Å². The third-order valence-corrected chi connectivity index (χ3v) is 8.35. The van der Waals surface area contributed by atoms with E-state index in [9.17, 15) is 9.59 Å². The normalized spacial score (nSPS) is 23.3. The van der Waals surface area contributed by atoms with Crippen molar-refractivity contribution in [1.82, 2.24) is 5.32 Å². The van der Waals surface area contributed by atoms with Crippen LogP contribution in [-0.4, -0.2) is 24.6 Å². The Morgan fingerprint density at radius 3 is 2.46 bits per heavy atom. The summed E-state index contributed by atoms with van der Waals surface area (Å²) in [5, 5.41) is 4.47. The molecule has 2 aromatic rings. The number of halogens is 2. The minimum atomic E-state index is -0.661. The first kappa shape index (κ1) is 24.4. The number of Topliss-reactive ketones (excluding diaryl/α,β-unsaturated/α-hetero) is 1. The quantitative estimate of drug-likeness (QED) is 0.443. The Kier molecular flexibility index (Phi) is 6.41. The molecular formula is C29H27Cl2NO5. The van der Waals surface area contributed by atoms with Gasteiger partial charge in [0.25, 0.3) is 0 Å². The van der Waals surface area contributed by atoms with Crippen molar-refractivity contribution >= 4 is 35.0 Å². The van der Waals surface area contributed by atoms with Crippen molar-refractivity contribution in [3.63, 3.8) is 0 Å². The Morgan fingerprint density at radius 2 is 1.73 bits per heavy atom. The molecule has 6 rings (SSSR count). The molecule has 0 aromatic heterocycles. The minimum Gasteiger partial charge on any atom is -0.459 e. The van der Waals surface area contributed by atoms with Gasteiger partial charge in [-0.3, -0.25) is 4.79 Å². The number of allylic oxidation sites excluding steroid dienone is 3. The van der Waals surface area contributed by atoms with Crippen molar-refractivity contribution in [2.75, 3.05) is 6.79 Å². The fraction of sp³-hybridized carbons (Fsp3) is 0.379. The fourth-order valence-corrected chi connectivity index (χ4v) is 6.36. The van der Waals surface area contributed by atoms with E-state index >= 15 is 0 Å². The lowest BCUT2D eigenvalue weighted by Crippen LogP contribution is -2.36. The molecule has 1 fully saturated rings. The third-order valence-electron chi connectivity index (χ3n) is 7.77. The number of fused-ring (bicyclic) bond motifs is 1. The van der Waals surface area contributed by atoms with Gasteiger partial charge in [-0.25, -0.2) is 4.79 Å². The van der Waals surface area contributed by atoms with Gasteiger partial charge in [-0.2, -0.15) is 0 Å². The average Bonchev–Trinajstić information content (AvgIpc) is 3.54. The van der Waals surface area contributed by atoms with Gasteiger partial charge in [-0.05, 0) is 74.3 Å².